The molecular weight excluding hydrogens is 245 g/mol. The highest BCUT2D eigenvalue weighted by Gasteiger charge is 2.04. The van der Waals surface area contributed by atoms with Crippen LogP contribution < -0.4 is 0 Å². The molecule has 0 radical (unpaired) electrons. The van der Waals surface area contributed by atoms with Crippen LogP contribution in [0.2, 0.25) is 0 Å². The summed E-state index contributed by atoms with van der Waals surface area (Å²) in [6.07, 6.45) is 3.04. The van der Waals surface area contributed by atoms with Gasteiger partial charge >= 0.3 is 0 Å². The van der Waals surface area contributed by atoms with Crippen molar-refractivity contribution < 1.29 is 0 Å². The van der Waals surface area contributed by atoms with Crippen LogP contribution in [0.5, 0.6) is 0 Å². The predicted octanol–water partition coefficient (Wildman–Crippen LogP) is 3.03. The van der Waals surface area contributed by atoms with E-state index in [9.17, 15) is 0 Å². The van der Waals surface area contributed by atoms with Gasteiger partial charge in [-0.2, -0.15) is 0 Å². The van der Waals surface area contributed by atoms with E-state index in [1.165, 1.54) is 11.4 Å². The average molecular weight is 253 g/mol. The topological polar surface area (TPSA) is 12.9 Å². The van der Waals surface area contributed by atoms with Crippen molar-refractivity contribution in [3.8, 4) is 0 Å². The molecule has 1 unspecified atom stereocenters. The normalized spacial score (nSPS) is 13.6. The Hall–Kier alpha value is 0.360. The Labute approximate surface area is 72.6 Å². The minimum absolute atomic E-state index is 0.614. The molecule has 1 atom stereocenters. The van der Waals surface area contributed by atoms with Gasteiger partial charge in [-0.05, 0) is 6.42 Å². The van der Waals surface area contributed by atoms with Crippen LogP contribution in [-0.2, 0) is 0 Å². The third-order valence-corrected chi connectivity index (χ3v) is 3.86. The maximum absolute atomic E-state index is 4.20. The standard InChI is InChI=1S/C6H8INS/c1-2-5(7)6-8-3-4-9-6/h3-5H,2H2,1H3. The number of thiazole rings is 1. The molecule has 0 amide bonds. The number of halogens is 1. The Balaban J connectivity index is 2.65. The molecule has 3 heteroatoms. The molecule has 0 saturated heterocycles. The lowest BCUT2D eigenvalue weighted by molar-refractivity contribution is 0.915. The van der Waals surface area contributed by atoms with Crippen molar-refractivity contribution in [1.29, 1.82) is 0 Å². The lowest BCUT2D eigenvalue weighted by Gasteiger charge is -1.98. The number of aromatic nitrogens is 1. The molecule has 0 fully saturated rings. The summed E-state index contributed by atoms with van der Waals surface area (Å²) in [6, 6.07) is 0. The van der Waals surface area contributed by atoms with E-state index >= 15 is 0 Å². The molecule has 1 aromatic heterocycles. The minimum Gasteiger partial charge on any atom is -0.249 e. The first-order chi connectivity index (χ1) is 4.34. The molecule has 0 bridgehead atoms. The monoisotopic (exact) mass is 253 g/mol. The van der Waals surface area contributed by atoms with E-state index in [1.54, 1.807) is 11.3 Å². The van der Waals surface area contributed by atoms with Crippen molar-refractivity contribution in [2.75, 3.05) is 0 Å². The quantitative estimate of drug-likeness (QED) is 0.583. The van der Waals surface area contributed by atoms with Gasteiger partial charge in [0.05, 0.1) is 3.92 Å². The summed E-state index contributed by atoms with van der Waals surface area (Å²) in [7, 11) is 0. The fourth-order valence-corrected chi connectivity index (χ4v) is 1.86. The molecule has 0 aliphatic heterocycles. The van der Waals surface area contributed by atoms with Crippen LogP contribution in [0.1, 0.15) is 22.3 Å². The van der Waals surface area contributed by atoms with Gasteiger partial charge in [0, 0.05) is 11.6 Å². The predicted molar refractivity (Wildman–Crippen MR) is 49.2 cm³/mol. The van der Waals surface area contributed by atoms with E-state index in [0.717, 1.165) is 0 Å². The zero-order chi connectivity index (χ0) is 6.69. The summed E-state index contributed by atoms with van der Waals surface area (Å²) in [5.74, 6) is 0. The molecule has 0 aliphatic rings. The fraction of sp³-hybridized carbons (Fsp3) is 0.500. The Morgan fingerprint density at radius 3 is 3.11 bits per heavy atom. The molecule has 50 valence electrons. The lowest BCUT2D eigenvalue weighted by Crippen LogP contribution is -1.83. The van der Waals surface area contributed by atoms with E-state index in [4.69, 9.17) is 0 Å². The number of alkyl halides is 1. The van der Waals surface area contributed by atoms with Crippen molar-refractivity contribution in [3.05, 3.63) is 16.6 Å². The zero-order valence-corrected chi connectivity index (χ0v) is 8.15. The van der Waals surface area contributed by atoms with Crippen LogP contribution in [0.15, 0.2) is 11.6 Å². The number of nitrogens with zero attached hydrogens (tertiary/aromatic N) is 1. The minimum atomic E-state index is 0.614. The van der Waals surface area contributed by atoms with E-state index in [2.05, 4.69) is 34.5 Å². The van der Waals surface area contributed by atoms with Gasteiger partial charge in [-0.15, -0.1) is 11.3 Å². The first-order valence-corrected chi connectivity index (χ1v) is 5.00. The number of rotatable bonds is 2. The smallest absolute Gasteiger partial charge is 0.105 e. The van der Waals surface area contributed by atoms with E-state index < -0.39 is 0 Å². The van der Waals surface area contributed by atoms with Gasteiger partial charge in [0.2, 0.25) is 0 Å². The molecule has 0 spiro atoms. The first kappa shape index (κ1) is 7.47. The Kier molecular flexibility index (Phi) is 2.91. The zero-order valence-electron chi connectivity index (χ0n) is 5.17. The van der Waals surface area contributed by atoms with E-state index in [0.29, 0.717) is 3.92 Å². The van der Waals surface area contributed by atoms with Crippen LogP contribution in [0.4, 0.5) is 0 Å². The van der Waals surface area contributed by atoms with Gasteiger partial charge in [-0.25, -0.2) is 4.98 Å². The van der Waals surface area contributed by atoms with Gasteiger partial charge < -0.3 is 0 Å². The summed E-state index contributed by atoms with van der Waals surface area (Å²) < 4.78 is 0.614. The van der Waals surface area contributed by atoms with Crippen LogP contribution in [0.3, 0.4) is 0 Å². The van der Waals surface area contributed by atoms with Crippen molar-refractivity contribution in [2.24, 2.45) is 0 Å². The summed E-state index contributed by atoms with van der Waals surface area (Å²) >= 11 is 4.15. The van der Waals surface area contributed by atoms with Gasteiger partial charge in [0.1, 0.15) is 5.01 Å². The second-order valence-corrected chi connectivity index (χ2v) is 4.18. The van der Waals surface area contributed by atoms with Crippen molar-refractivity contribution in [1.82, 2.24) is 4.98 Å². The summed E-state index contributed by atoms with van der Waals surface area (Å²) in [6.45, 7) is 2.18. The molecule has 9 heavy (non-hydrogen) atoms. The molecule has 1 aromatic rings. The number of hydrogen-bond acceptors (Lipinski definition) is 2. The van der Waals surface area contributed by atoms with Crippen LogP contribution >= 0.6 is 33.9 Å². The molecule has 1 nitrogen and oxygen atoms in total. The van der Waals surface area contributed by atoms with Crippen LogP contribution in [-0.4, -0.2) is 4.98 Å². The Bertz CT molecular complexity index is 162. The molecule has 0 aliphatic carbocycles. The molecule has 1 rings (SSSR count). The van der Waals surface area contributed by atoms with Gasteiger partial charge in [-0.3, -0.25) is 0 Å². The van der Waals surface area contributed by atoms with Gasteiger partial charge in [0.25, 0.3) is 0 Å². The third-order valence-electron chi connectivity index (χ3n) is 1.08. The van der Waals surface area contributed by atoms with Crippen molar-refractivity contribution in [3.63, 3.8) is 0 Å². The third kappa shape index (κ3) is 1.89. The largest absolute Gasteiger partial charge is 0.249 e. The molecule has 0 N–H and O–H groups in total. The lowest BCUT2D eigenvalue weighted by atomic mass is 10.4. The highest BCUT2D eigenvalue weighted by atomic mass is 127. The summed E-state index contributed by atoms with van der Waals surface area (Å²) in [5.41, 5.74) is 0. The summed E-state index contributed by atoms with van der Waals surface area (Å²) in [4.78, 5) is 4.20. The molecule has 0 aromatic carbocycles. The maximum atomic E-state index is 4.20. The first-order valence-electron chi connectivity index (χ1n) is 2.88. The van der Waals surface area contributed by atoms with Crippen molar-refractivity contribution in [2.45, 2.75) is 17.3 Å². The Morgan fingerprint density at radius 2 is 2.67 bits per heavy atom. The number of hydrogen-bond donors (Lipinski definition) is 0. The molecular formula is C6H8INS. The highest BCUT2D eigenvalue weighted by Crippen LogP contribution is 2.27. The second-order valence-electron chi connectivity index (χ2n) is 1.75. The van der Waals surface area contributed by atoms with E-state index in [-0.39, 0.29) is 0 Å². The van der Waals surface area contributed by atoms with Gasteiger partial charge in [0.15, 0.2) is 0 Å². The second kappa shape index (κ2) is 3.51. The summed E-state index contributed by atoms with van der Waals surface area (Å²) in [5, 5.41) is 3.27. The van der Waals surface area contributed by atoms with E-state index in [1.807, 2.05) is 11.6 Å². The SMILES string of the molecule is CCC(I)c1nccs1. The van der Waals surface area contributed by atoms with Gasteiger partial charge in [-0.1, -0.05) is 29.5 Å². The molecule has 0 saturated carbocycles. The Morgan fingerprint density at radius 1 is 1.89 bits per heavy atom. The highest BCUT2D eigenvalue weighted by molar-refractivity contribution is 14.1. The van der Waals surface area contributed by atoms with Crippen LogP contribution in [0, 0.1) is 0 Å². The molecule has 1 heterocycles. The van der Waals surface area contributed by atoms with Crippen LogP contribution in [0.25, 0.3) is 0 Å². The average Bonchev–Trinajstić information content (AvgIpc) is 2.37. The van der Waals surface area contributed by atoms with Crippen molar-refractivity contribution >= 4 is 33.9 Å². The fourth-order valence-electron chi connectivity index (χ4n) is 0.564. The maximum Gasteiger partial charge on any atom is 0.105 e.